The maximum atomic E-state index is 13.6. The van der Waals surface area contributed by atoms with Crippen LogP contribution in [0.3, 0.4) is 0 Å². The van der Waals surface area contributed by atoms with Crippen molar-refractivity contribution in [1.29, 1.82) is 0 Å². The highest BCUT2D eigenvalue weighted by atomic mass is 35.5. The van der Waals surface area contributed by atoms with Crippen LogP contribution in [0.4, 0.5) is 0 Å². The average molecular weight is 523 g/mol. The maximum absolute atomic E-state index is 13.6. The summed E-state index contributed by atoms with van der Waals surface area (Å²) in [7, 11) is 4.63. The molecule has 188 valence electrons. The number of morpholine rings is 1. The molecule has 0 spiro atoms. The molecule has 0 radical (unpaired) electrons. The molecule has 4 rings (SSSR count). The third kappa shape index (κ3) is 5.15. The molecule has 2 aliphatic rings. The van der Waals surface area contributed by atoms with Crippen LogP contribution in [-0.2, 0) is 9.53 Å². The summed E-state index contributed by atoms with van der Waals surface area (Å²) in [5.74, 6) is 0.453. The van der Waals surface area contributed by atoms with Crippen molar-refractivity contribution in [2.75, 3.05) is 60.7 Å². The Morgan fingerprint density at radius 3 is 2.14 bits per heavy atom. The minimum absolute atomic E-state index is 0.00967. The normalized spacial score (nSPS) is 20.0. The molecule has 0 aromatic heterocycles. The number of ether oxygens (including phenoxy) is 4. The Hall–Kier alpha value is -2.68. The van der Waals surface area contributed by atoms with Gasteiger partial charge in [-0.1, -0.05) is 23.2 Å². The Morgan fingerprint density at radius 2 is 1.57 bits per heavy atom. The number of rotatable bonds is 6. The van der Waals surface area contributed by atoms with Crippen molar-refractivity contribution in [1.82, 2.24) is 9.80 Å². The van der Waals surface area contributed by atoms with Gasteiger partial charge in [-0.25, -0.2) is 0 Å². The summed E-state index contributed by atoms with van der Waals surface area (Å²) in [6.07, 6.45) is 0. The van der Waals surface area contributed by atoms with Gasteiger partial charge >= 0.3 is 0 Å². The fraction of sp³-hybridized carbons (Fsp3) is 0.440. The summed E-state index contributed by atoms with van der Waals surface area (Å²) in [6, 6.07) is 8.46. The Kier molecular flexibility index (Phi) is 7.94. The largest absolute Gasteiger partial charge is 0.493 e. The predicted octanol–water partition coefficient (Wildman–Crippen LogP) is 3.73. The van der Waals surface area contributed by atoms with Crippen LogP contribution < -0.4 is 14.2 Å². The van der Waals surface area contributed by atoms with Crippen molar-refractivity contribution in [3.8, 4) is 17.2 Å². The first-order chi connectivity index (χ1) is 16.9. The van der Waals surface area contributed by atoms with Crippen LogP contribution >= 0.6 is 23.2 Å². The lowest BCUT2D eigenvalue weighted by molar-refractivity contribution is -0.139. The van der Waals surface area contributed by atoms with Crippen LogP contribution in [0.5, 0.6) is 17.2 Å². The maximum Gasteiger partial charge on any atom is 0.255 e. The monoisotopic (exact) mass is 522 g/mol. The molecule has 35 heavy (non-hydrogen) atoms. The number of likely N-dealkylation sites (tertiary alicyclic amines) is 1. The molecule has 10 heteroatoms. The van der Waals surface area contributed by atoms with Gasteiger partial charge in [0.05, 0.1) is 51.0 Å². The lowest BCUT2D eigenvalue weighted by atomic mass is 9.87. The van der Waals surface area contributed by atoms with E-state index >= 15 is 0 Å². The highest BCUT2D eigenvalue weighted by Gasteiger charge is 2.43. The number of benzene rings is 2. The molecule has 2 amide bonds. The number of nitrogens with zero attached hydrogens (tertiary/aromatic N) is 2. The smallest absolute Gasteiger partial charge is 0.255 e. The zero-order valence-electron chi connectivity index (χ0n) is 19.9. The molecule has 0 bridgehead atoms. The van der Waals surface area contributed by atoms with Crippen molar-refractivity contribution in [2.45, 2.75) is 5.92 Å². The number of hydrogen-bond acceptors (Lipinski definition) is 6. The molecule has 0 unspecified atom stereocenters. The Morgan fingerprint density at radius 1 is 0.914 bits per heavy atom. The van der Waals surface area contributed by atoms with Gasteiger partial charge in [0.15, 0.2) is 11.5 Å². The minimum atomic E-state index is -0.453. The molecule has 2 aliphatic heterocycles. The SMILES string of the molecule is COc1cc([C@H]2CN(C(=O)c3ccc(Cl)cc3Cl)C[C@H]2C(=O)N2CCOCC2)cc(OC)c1OC. The molecule has 2 aromatic carbocycles. The van der Waals surface area contributed by atoms with Crippen molar-refractivity contribution in [3.05, 3.63) is 51.5 Å². The second-order valence-corrected chi connectivity index (χ2v) is 9.29. The first-order valence-corrected chi connectivity index (χ1v) is 12.0. The van der Waals surface area contributed by atoms with Gasteiger partial charge in [-0.05, 0) is 35.9 Å². The highest BCUT2D eigenvalue weighted by molar-refractivity contribution is 6.36. The van der Waals surface area contributed by atoms with Crippen LogP contribution in [0.25, 0.3) is 0 Å². The lowest BCUT2D eigenvalue weighted by Gasteiger charge is -2.31. The van der Waals surface area contributed by atoms with Gasteiger partial charge in [-0.2, -0.15) is 0 Å². The predicted molar refractivity (Wildman–Crippen MR) is 132 cm³/mol. The molecule has 2 heterocycles. The second kappa shape index (κ2) is 10.9. The topological polar surface area (TPSA) is 77.5 Å². The number of amides is 2. The molecule has 2 fully saturated rings. The number of carbonyl (C=O) groups is 2. The van der Waals surface area contributed by atoms with Gasteiger partial charge in [-0.15, -0.1) is 0 Å². The van der Waals surface area contributed by atoms with E-state index in [1.807, 2.05) is 17.0 Å². The van der Waals surface area contributed by atoms with Gasteiger partial charge in [0, 0.05) is 37.1 Å². The minimum Gasteiger partial charge on any atom is -0.493 e. The zero-order valence-corrected chi connectivity index (χ0v) is 21.4. The summed E-state index contributed by atoms with van der Waals surface area (Å²) in [4.78, 5) is 30.5. The van der Waals surface area contributed by atoms with Crippen molar-refractivity contribution >= 4 is 35.0 Å². The van der Waals surface area contributed by atoms with Crippen molar-refractivity contribution in [3.63, 3.8) is 0 Å². The fourth-order valence-electron chi connectivity index (χ4n) is 4.72. The summed E-state index contributed by atoms with van der Waals surface area (Å²) in [6.45, 7) is 2.63. The van der Waals surface area contributed by atoms with Crippen molar-refractivity contribution < 1.29 is 28.5 Å². The fourth-order valence-corrected chi connectivity index (χ4v) is 5.21. The quantitative estimate of drug-likeness (QED) is 0.575. The van der Waals surface area contributed by atoms with Crippen LogP contribution in [0.15, 0.2) is 30.3 Å². The van der Waals surface area contributed by atoms with Gasteiger partial charge in [-0.3, -0.25) is 9.59 Å². The van der Waals surface area contributed by atoms with Crippen LogP contribution in [0.1, 0.15) is 21.8 Å². The average Bonchev–Trinajstić information content (AvgIpc) is 3.33. The third-order valence-electron chi connectivity index (χ3n) is 6.52. The van der Waals surface area contributed by atoms with Crippen molar-refractivity contribution in [2.24, 2.45) is 5.92 Å². The van der Waals surface area contributed by atoms with E-state index in [2.05, 4.69) is 0 Å². The molecular weight excluding hydrogens is 495 g/mol. The van der Waals surface area contributed by atoms with Gasteiger partial charge < -0.3 is 28.7 Å². The van der Waals surface area contributed by atoms with Gasteiger partial charge in [0.2, 0.25) is 11.7 Å². The van der Waals surface area contributed by atoms with E-state index in [0.29, 0.717) is 60.7 Å². The first kappa shape index (κ1) is 25.4. The Balaban J connectivity index is 1.71. The highest BCUT2D eigenvalue weighted by Crippen LogP contribution is 2.44. The lowest BCUT2D eigenvalue weighted by Crippen LogP contribution is -2.45. The van der Waals surface area contributed by atoms with Crippen LogP contribution in [-0.4, -0.2) is 82.3 Å². The standard InChI is InChI=1S/C25H28Cl2N2O6/c1-32-21-10-15(11-22(33-2)23(21)34-3)18-13-29(24(30)17-5-4-16(26)12-20(17)27)14-19(18)25(31)28-6-8-35-9-7-28/h4-5,10-12,18-19H,6-9,13-14H2,1-3H3/t18-,19-/m1/s1. The molecular formula is C25H28Cl2N2O6. The van der Waals surface area contributed by atoms with E-state index in [0.717, 1.165) is 5.56 Å². The molecule has 0 N–H and O–H groups in total. The summed E-state index contributed by atoms with van der Waals surface area (Å²) in [5.41, 5.74) is 1.17. The van der Waals surface area contributed by atoms with E-state index in [4.69, 9.17) is 42.1 Å². The zero-order chi connectivity index (χ0) is 25.1. The van der Waals surface area contributed by atoms with Crippen LogP contribution in [0.2, 0.25) is 10.0 Å². The van der Waals surface area contributed by atoms with Gasteiger partial charge in [0.25, 0.3) is 5.91 Å². The number of carbonyl (C=O) groups excluding carboxylic acids is 2. The van der Waals surface area contributed by atoms with E-state index in [1.165, 1.54) is 7.11 Å². The van der Waals surface area contributed by atoms with Gasteiger partial charge in [0.1, 0.15) is 0 Å². The molecule has 2 saturated heterocycles. The molecule has 0 saturated carbocycles. The molecule has 0 aliphatic carbocycles. The molecule has 2 atom stereocenters. The third-order valence-corrected chi connectivity index (χ3v) is 7.07. The number of methoxy groups -OCH3 is 3. The molecule has 8 nitrogen and oxygen atoms in total. The second-order valence-electron chi connectivity index (χ2n) is 8.44. The Labute approximate surface area is 214 Å². The van der Waals surface area contributed by atoms with Crippen LogP contribution in [0, 0.1) is 5.92 Å². The number of halogens is 2. The molecule has 2 aromatic rings. The van der Waals surface area contributed by atoms with E-state index < -0.39 is 5.92 Å². The Bertz CT molecular complexity index is 1080. The number of hydrogen-bond donors (Lipinski definition) is 0. The van der Waals surface area contributed by atoms with E-state index in [9.17, 15) is 9.59 Å². The summed E-state index contributed by atoms with van der Waals surface area (Å²) >= 11 is 12.3. The first-order valence-electron chi connectivity index (χ1n) is 11.3. The van der Waals surface area contributed by atoms with E-state index in [-0.39, 0.29) is 29.3 Å². The summed E-state index contributed by atoms with van der Waals surface area (Å²) < 4.78 is 21.9. The summed E-state index contributed by atoms with van der Waals surface area (Å²) in [5, 5.41) is 0.721. The van der Waals surface area contributed by atoms with E-state index in [1.54, 1.807) is 37.3 Å².